The largest absolute Gasteiger partial charge is 0.391 e. The second kappa shape index (κ2) is 7.59. The zero-order valence-electron chi connectivity index (χ0n) is 13.4. The molecule has 5 nitrogen and oxygen atoms in total. The van der Waals surface area contributed by atoms with Crippen molar-refractivity contribution in [3.05, 3.63) is 11.4 Å². The summed E-state index contributed by atoms with van der Waals surface area (Å²) in [5.41, 5.74) is 1.03. The van der Waals surface area contributed by atoms with E-state index in [1.807, 2.05) is 6.92 Å². The van der Waals surface area contributed by atoms with Crippen LogP contribution in [0, 0.1) is 12.8 Å². The molecule has 1 saturated carbocycles. The van der Waals surface area contributed by atoms with Crippen LogP contribution >= 0.6 is 0 Å². The minimum atomic E-state index is -0.263. The number of aliphatic hydroxyl groups is 1. The lowest BCUT2D eigenvalue weighted by Crippen LogP contribution is -2.23. The summed E-state index contributed by atoms with van der Waals surface area (Å²) in [5, 5.41) is 16.7. The van der Waals surface area contributed by atoms with Crippen LogP contribution in [0.1, 0.15) is 50.9 Å². The zero-order chi connectivity index (χ0) is 15.2. The average molecular weight is 292 g/mol. The molecule has 1 fully saturated rings. The molecule has 1 aromatic heterocycles. The molecule has 5 heteroatoms. The van der Waals surface area contributed by atoms with Gasteiger partial charge in [-0.1, -0.05) is 13.8 Å². The normalized spacial score (nSPS) is 15.8. The second-order valence-electron chi connectivity index (χ2n) is 5.92. The Bertz CT molecular complexity index is 460. The lowest BCUT2D eigenvalue weighted by molar-refractivity contribution is 0.164. The number of aromatic nitrogens is 2. The summed E-state index contributed by atoms with van der Waals surface area (Å²) in [6, 6.07) is 0. The molecule has 1 aromatic rings. The summed E-state index contributed by atoms with van der Waals surface area (Å²) in [5.74, 6) is 3.11. The molecule has 1 aliphatic rings. The van der Waals surface area contributed by atoms with Gasteiger partial charge in [0, 0.05) is 25.1 Å². The molecule has 0 bridgehead atoms. The van der Waals surface area contributed by atoms with Crippen LogP contribution in [-0.4, -0.2) is 34.3 Å². The van der Waals surface area contributed by atoms with Gasteiger partial charge < -0.3 is 15.7 Å². The lowest BCUT2D eigenvalue weighted by atomic mass is 10.2. The first-order valence-electron chi connectivity index (χ1n) is 8.19. The van der Waals surface area contributed by atoms with Gasteiger partial charge in [0.25, 0.3) is 0 Å². The predicted molar refractivity (Wildman–Crippen MR) is 86.8 cm³/mol. The Morgan fingerprint density at radius 3 is 2.38 bits per heavy atom. The van der Waals surface area contributed by atoms with E-state index in [0.717, 1.165) is 61.7 Å². The summed E-state index contributed by atoms with van der Waals surface area (Å²) < 4.78 is 0. The highest BCUT2D eigenvalue weighted by Crippen LogP contribution is 2.32. The molecule has 21 heavy (non-hydrogen) atoms. The lowest BCUT2D eigenvalue weighted by Gasteiger charge is -2.16. The van der Waals surface area contributed by atoms with Gasteiger partial charge in [0.15, 0.2) is 0 Å². The minimum absolute atomic E-state index is 0.263. The fraction of sp³-hybridized carbons (Fsp3) is 0.750. The number of aliphatic hydroxyl groups excluding tert-OH is 1. The summed E-state index contributed by atoms with van der Waals surface area (Å²) in [7, 11) is 0. The molecule has 3 N–H and O–H groups in total. The van der Waals surface area contributed by atoms with E-state index >= 15 is 0 Å². The van der Waals surface area contributed by atoms with Crippen molar-refractivity contribution >= 4 is 11.6 Å². The van der Waals surface area contributed by atoms with E-state index in [1.165, 1.54) is 0 Å². The molecule has 0 aromatic carbocycles. The maximum atomic E-state index is 10.0. The molecule has 1 heterocycles. The molecule has 0 spiro atoms. The van der Waals surface area contributed by atoms with Gasteiger partial charge in [-0.15, -0.1) is 0 Å². The number of nitrogens with one attached hydrogen (secondary N) is 2. The van der Waals surface area contributed by atoms with Crippen molar-refractivity contribution in [2.75, 3.05) is 23.7 Å². The van der Waals surface area contributed by atoms with Crippen molar-refractivity contribution < 1.29 is 5.11 Å². The van der Waals surface area contributed by atoms with Gasteiger partial charge in [0.05, 0.1) is 6.10 Å². The first-order chi connectivity index (χ1) is 10.2. The number of anilines is 2. The fourth-order valence-corrected chi connectivity index (χ4v) is 2.33. The van der Waals surface area contributed by atoms with Crippen LogP contribution in [0.3, 0.4) is 0 Å². The Labute approximate surface area is 127 Å². The van der Waals surface area contributed by atoms with E-state index in [1.54, 1.807) is 0 Å². The number of hydrogen-bond acceptors (Lipinski definition) is 5. The van der Waals surface area contributed by atoms with E-state index in [2.05, 4.69) is 34.4 Å². The average Bonchev–Trinajstić information content (AvgIpc) is 3.30. The van der Waals surface area contributed by atoms with Crippen molar-refractivity contribution in [3.63, 3.8) is 0 Å². The summed E-state index contributed by atoms with van der Waals surface area (Å²) in [6.07, 6.45) is 5.00. The molecule has 1 atom stereocenters. The van der Waals surface area contributed by atoms with E-state index in [0.29, 0.717) is 12.5 Å². The van der Waals surface area contributed by atoms with E-state index < -0.39 is 0 Å². The van der Waals surface area contributed by atoms with Crippen LogP contribution < -0.4 is 10.6 Å². The van der Waals surface area contributed by atoms with Gasteiger partial charge >= 0.3 is 0 Å². The number of hydrogen-bond donors (Lipinski definition) is 3. The molecular formula is C16H28N4O. The third-order valence-electron chi connectivity index (χ3n) is 3.85. The maximum absolute atomic E-state index is 10.0. The third-order valence-corrected chi connectivity index (χ3v) is 3.85. The first-order valence-corrected chi connectivity index (χ1v) is 8.19. The van der Waals surface area contributed by atoms with E-state index in [4.69, 9.17) is 0 Å². The highest BCUT2D eigenvalue weighted by Gasteiger charge is 2.29. The van der Waals surface area contributed by atoms with Crippen molar-refractivity contribution in [2.24, 2.45) is 5.92 Å². The van der Waals surface area contributed by atoms with Crippen LogP contribution in [0.2, 0.25) is 0 Å². The highest BCUT2D eigenvalue weighted by atomic mass is 16.3. The number of rotatable bonds is 9. The molecule has 0 radical (unpaired) electrons. The SMILES string of the molecule is CCCNc1nc(CCC)nc(NCC(O)C2CC2)c1C. The molecule has 118 valence electrons. The number of nitrogens with zero attached hydrogens (tertiary/aromatic N) is 2. The smallest absolute Gasteiger partial charge is 0.134 e. The fourth-order valence-electron chi connectivity index (χ4n) is 2.33. The Morgan fingerprint density at radius 2 is 1.81 bits per heavy atom. The Morgan fingerprint density at radius 1 is 1.14 bits per heavy atom. The summed E-state index contributed by atoms with van der Waals surface area (Å²) >= 11 is 0. The molecule has 0 saturated heterocycles. The first kappa shape index (κ1) is 16.0. The highest BCUT2D eigenvalue weighted by molar-refractivity contribution is 5.57. The van der Waals surface area contributed by atoms with Crippen LogP contribution in [0.15, 0.2) is 0 Å². The van der Waals surface area contributed by atoms with Crippen molar-refractivity contribution in [2.45, 2.75) is 59.0 Å². The minimum Gasteiger partial charge on any atom is -0.391 e. The van der Waals surface area contributed by atoms with Crippen LogP contribution in [-0.2, 0) is 6.42 Å². The van der Waals surface area contributed by atoms with E-state index in [9.17, 15) is 5.11 Å². The second-order valence-corrected chi connectivity index (χ2v) is 5.92. The monoisotopic (exact) mass is 292 g/mol. The Hall–Kier alpha value is -1.36. The van der Waals surface area contributed by atoms with Crippen LogP contribution in [0.25, 0.3) is 0 Å². The van der Waals surface area contributed by atoms with Gasteiger partial charge in [-0.2, -0.15) is 0 Å². The van der Waals surface area contributed by atoms with Gasteiger partial charge in [-0.3, -0.25) is 0 Å². The van der Waals surface area contributed by atoms with Gasteiger partial charge in [0.2, 0.25) is 0 Å². The summed E-state index contributed by atoms with van der Waals surface area (Å²) in [4.78, 5) is 9.22. The molecular weight excluding hydrogens is 264 g/mol. The molecule has 2 rings (SSSR count). The zero-order valence-corrected chi connectivity index (χ0v) is 13.4. The van der Waals surface area contributed by atoms with Gasteiger partial charge in [-0.05, 0) is 38.5 Å². The third kappa shape index (κ3) is 4.56. The Balaban J connectivity index is 2.09. The molecule has 0 amide bonds. The Kier molecular flexibility index (Phi) is 5.79. The van der Waals surface area contributed by atoms with Crippen LogP contribution in [0.5, 0.6) is 0 Å². The summed E-state index contributed by atoms with van der Waals surface area (Å²) in [6.45, 7) is 7.78. The van der Waals surface area contributed by atoms with Crippen molar-refractivity contribution in [1.82, 2.24) is 9.97 Å². The van der Waals surface area contributed by atoms with Crippen molar-refractivity contribution in [1.29, 1.82) is 0 Å². The molecule has 1 aliphatic carbocycles. The number of aryl methyl sites for hydroxylation is 1. The molecule has 1 unspecified atom stereocenters. The van der Waals surface area contributed by atoms with Gasteiger partial charge in [0.1, 0.15) is 17.5 Å². The van der Waals surface area contributed by atoms with Crippen molar-refractivity contribution in [3.8, 4) is 0 Å². The quantitative estimate of drug-likeness (QED) is 0.653. The van der Waals surface area contributed by atoms with Gasteiger partial charge in [-0.25, -0.2) is 9.97 Å². The predicted octanol–water partition coefficient (Wildman–Crippen LogP) is 2.74. The standard InChI is InChI=1S/C16H28N4O/c1-4-6-14-19-15(17-9-5-2)11(3)16(20-14)18-10-13(21)12-7-8-12/h12-13,21H,4-10H2,1-3H3,(H2,17,18,19,20). The van der Waals surface area contributed by atoms with E-state index in [-0.39, 0.29) is 6.10 Å². The van der Waals surface area contributed by atoms with Crippen LogP contribution in [0.4, 0.5) is 11.6 Å². The maximum Gasteiger partial charge on any atom is 0.134 e. The molecule has 0 aliphatic heterocycles. The topological polar surface area (TPSA) is 70.1 Å².